The Morgan fingerprint density at radius 2 is 1.88 bits per heavy atom. The van der Waals surface area contributed by atoms with Crippen LogP contribution in [-0.4, -0.2) is 49.7 Å². The number of hydrogen-bond acceptors (Lipinski definition) is 3. The summed E-state index contributed by atoms with van der Waals surface area (Å²) in [6.45, 7) is 9.86. The standard InChI is InChI=1S/C13H26N2O2/c1-4-12(5-2)11(3)14-10-13(16)15-6-8-17-9-7-15/h11-12,14H,4-10H2,1-3H3. The summed E-state index contributed by atoms with van der Waals surface area (Å²) in [6, 6.07) is 0.412. The van der Waals surface area contributed by atoms with E-state index in [-0.39, 0.29) is 5.91 Å². The molecule has 100 valence electrons. The van der Waals surface area contributed by atoms with Crippen molar-refractivity contribution in [1.29, 1.82) is 0 Å². The quantitative estimate of drug-likeness (QED) is 0.762. The van der Waals surface area contributed by atoms with Gasteiger partial charge in [0.05, 0.1) is 19.8 Å². The molecule has 0 bridgehead atoms. The highest BCUT2D eigenvalue weighted by atomic mass is 16.5. The van der Waals surface area contributed by atoms with Crippen LogP contribution in [0.3, 0.4) is 0 Å². The van der Waals surface area contributed by atoms with Gasteiger partial charge in [-0.25, -0.2) is 0 Å². The van der Waals surface area contributed by atoms with Crippen LogP contribution >= 0.6 is 0 Å². The molecule has 0 radical (unpaired) electrons. The molecule has 0 aromatic heterocycles. The summed E-state index contributed by atoms with van der Waals surface area (Å²) >= 11 is 0. The SMILES string of the molecule is CCC(CC)C(C)NCC(=O)N1CCOCC1. The summed E-state index contributed by atoms with van der Waals surface area (Å²) in [4.78, 5) is 13.8. The Kier molecular flexibility index (Phi) is 6.52. The predicted molar refractivity (Wildman–Crippen MR) is 68.9 cm³/mol. The molecule has 1 unspecified atom stereocenters. The lowest BCUT2D eigenvalue weighted by molar-refractivity contribution is -0.134. The van der Waals surface area contributed by atoms with E-state index in [0.29, 0.717) is 31.7 Å². The molecule has 1 aliphatic heterocycles. The van der Waals surface area contributed by atoms with E-state index in [1.165, 1.54) is 0 Å². The predicted octanol–water partition coefficient (Wildman–Crippen LogP) is 1.26. The van der Waals surface area contributed by atoms with Crippen LogP contribution in [0.25, 0.3) is 0 Å². The van der Waals surface area contributed by atoms with Crippen molar-refractivity contribution in [2.75, 3.05) is 32.8 Å². The van der Waals surface area contributed by atoms with E-state index in [4.69, 9.17) is 4.74 Å². The zero-order valence-electron chi connectivity index (χ0n) is 11.4. The number of carbonyl (C=O) groups excluding carboxylic acids is 1. The van der Waals surface area contributed by atoms with Crippen molar-refractivity contribution < 1.29 is 9.53 Å². The van der Waals surface area contributed by atoms with Crippen molar-refractivity contribution in [3.8, 4) is 0 Å². The second kappa shape index (κ2) is 7.67. The normalized spacial score (nSPS) is 18.5. The first-order valence-corrected chi connectivity index (χ1v) is 6.77. The maximum absolute atomic E-state index is 11.9. The second-order valence-corrected chi connectivity index (χ2v) is 4.74. The molecule has 0 aliphatic carbocycles. The number of hydrogen-bond donors (Lipinski definition) is 1. The highest BCUT2D eigenvalue weighted by Crippen LogP contribution is 2.12. The molecule has 1 fully saturated rings. The third kappa shape index (κ3) is 4.64. The van der Waals surface area contributed by atoms with E-state index in [1.54, 1.807) is 0 Å². The summed E-state index contributed by atoms with van der Waals surface area (Å²) in [5.41, 5.74) is 0. The number of morpholine rings is 1. The average Bonchev–Trinajstić information content (AvgIpc) is 2.38. The summed E-state index contributed by atoms with van der Waals surface area (Å²) in [5.74, 6) is 0.860. The van der Waals surface area contributed by atoms with Crippen molar-refractivity contribution in [2.45, 2.75) is 39.7 Å². The van der Waals surface area contributed by atoms with Crippen LogP contribution in [0.1, 0.15) is 33.6 Å². The van der Waals surface area contributed by atoms with Crippen molar-refractivity contribution in [2.24, 2.45) is 5.92 Å². The smallest absolute Gasteiger partial charge is 0.236 e. The summed E-state index contributed by atoms with van der Waals surface area (Å²) in [5, 5.41) is 3.35. The number of ether oxygens (including phenoxy) is 1. The van der Waals surface area contributed by atoms with Crippen LogP contribution in [0, 0.1) is 5.92 Å². The molecular formula is C13H26N2O2. The molecule has 1 rings (SSSR count). The molecule has 1 saturated heterocycles. The number of carbonyl (C=O) groups is 1. The Bertz CT molecular complexity index is 223. The van der Waals surface area contributed by atoms with Gasteiger partial charge in [0.1, 0.15) is 0 Å². The largest absolute Gasteiger partial charge is 0.378 e. The Hall–Kier alpha value is -0.610. The van der Waals surface area contributed by atoms with Gasteiger partial charge >= 0.3 is 0 Å². The van der Waals surface area contributed by atoms with Crippen LogP contribution in [0.15, 0.2) is 0 Å². The van der Waals surface area contributed by atoms with Crippen LogP contribution in [-0.2, 0) is 9.53 Å². The van der Waals surface area contributed by atoms with Crippen LogP contribution in [0.2, 0.25) is 0 Å². The molecule has 0 spiro atoms. The van der Waals surface area contributed by atoms with Gasteiger partial charge in [0.2, 0.25) is 5.91 Å². The van der Waals surface area contributed by atoms with Crippen molar-refractivity contribution in [1.82, 2.24) is 10.2 Å². The minimum atomic E-state index is 0.200. The first kappa shape index (κ1) is 14.5. The van der Waals surface area contributed by atoms with E-state index < -0.39 is 0 Å². The first-order valence-electron chi connectivity index (χ1n) is 6.77. The number of nitrogens with one attached hydrogen (secondary N) is 1. The summed E-state index contributed by atoms with van der Waals surface area (Å²) < 4.78 is 5.23. The van der Waals surface area contributed by atoms with Crippen LogP contribution in [0.4, 0.5) is 0 Å². The lowest BCUT2D eigenvalue weighted by Crippen LogP contribution is -2.47. The molecule has 1 atom stereocenters. The van der Waals surface area contributed by atoms with Crippen LogP contribution in [0.5, 0.6) is 0 Å². The molecule has 1 aliphatic rings. The molecule has 4 nitrogen and oxygen atoms in total. The second-order valence-electron chi connectivity index (χ2n) is 4.74. The minimum Gasteiger partial charge on any atom is -0.378 e. The maximum Gasteiger partial charge on any atom is 0.236 e. The molecule has 1 N–H and O–H groups in total. The minimum absolute atomic E-state index is 0.200. The molecule has 1 heterocycles. The van der Waals surface area contributed by atoms with E-state index in [0.717, 1.165) is 25.9 Å². The van der Waals surface area contributed by atoms with E-state index >= 15 is 0 Å². The van der Waals surface area contributed by atoms with Gasteiger partial charge in [-0.1, -0.05) is 26.7 Å². The molecule has 4 heteroatoms. The molecule has 0 aromatic rings. The zero-order valence-corrected chi connectivity index (χ0v) is 11.4. The van der Waals surface area contributed by atoms with Gasteiger partial charge in [-0.05, 0) is 12.8 Å². The summed E-state index contributed by atoms with van der Waals surface area (Å²) in [7, 11) is 0. The zero-order chi connectivity index (χ0) is 12.7. The van der Waals surface area contributed by atoms with Gasteiger partial charge in [-0.15, -0.1) is 0 Å². The van der Waals surface area contributed by atoms with Gasteiger partial charge in [0.25, 0.3) is 0 Å². The molecule has 0 saturated carbocycles. The maximum atomic E-state index is 11.9. The van der Waals surface area contributed by atoms with Gasteiger partial charge in [-0.2, -0.15) is 0 Å². The number of amides is 1. The lowest BCUT2D eigenvalue weighted by Gasteiger charge is -2.28. The monoisotopic (exact) mass is 242 g/mol. The van der Waals surface area contributed by atoms with E-state index in [2.05, 4.69) is 26.1 Å². The number of rotatable bonds is 6. The summed E-state index contributed by atoms with van der Waals surface area (Å²) in [6.07, 6.45) is 2.33. The van der Waals surface area contributed by atoms with Crippen molar-refractivity contribution in [3.05, 3.63) is 0 Å². The van der Waals surface area contributed by atoms with Gasteiger partial charge in [-0.3, -0.25) is 4.79 Å². The van der Waals surface area contributed by atoms with E-state index in [1.807, 2.05) is 4.90 Å². The highest BCUT2D eigenvalue weighted by molar-refractivity contribution is 5.78. The Morgan fingerprint density at radius 3 is 2.41 bits per heavy atom. The topological polar surface area (TPSA) is 41.6 Å². The fraction of sp³-hybridized carbons (Fsp3) is 0.923. The number of nitrogens with zero attached hydrogens (tertiary/aromatic N) is 1. The van der Waals surface area contributed by atoms with Gasteiger partial charge < -0.3 is 15.0 Å². The van der Waals surface area contributed by atoms with Gasteiger partial charge in [0, 0.05) is 19.1 Å². The molecule has 17 heavy (non-hydrogen) atoms. The van der Waals surface area contributed by atoms with Crippen molar-refractivity contribution >= 4 is 5.91 Å². The van der Waals surface area contributed by atoms with Crippen LogP contribution < -0.4 is 5.32 Å². The highest BCUT2D eigenvalue weighted by Gasteiger charge is 2.18. The lowest BCUT2D eigenvalue weighted by atomic mass is 9.95. The first-order chi connectivity index (χ1) is 8.19. The Morgan fingerprint density at radius 1 is 1.29 bits per heavy atom. The van der Waals surface area contributed by atoms with Gasteiger partial charge in [0.15, 0.2) is 0 Å². The Balaban J connectivity index is 2.26. The Labute approximate surface area is 105 Å². The average molecular weight is 242 g/mol. The fourth-order valence-corrected chi connectivity index (χ4v) is 2.34. The third-order valence-electron chi connectivity index (χ3n) is 3.69. The fourth-order valence-electron chi connectivity index (χ4n) is 2.34. The van der Waals surface area contributed by atoms with E-state index in [9.17, 15) is 4.79 Å². The molecule has 1 amide bonds. The molecular weight excluding hydrogens is 216 g/mol. The van der Waals surface area contributed by atoms with Crippen molar-refractivity contribution in [3.63, 3.8) is 0 Å². The third-order valence-corrected chi connectivity index (χ3v) is 3.69. The molecule has 0 aromatic carbocycles.